The molecule has 0 saturated carbocycles. The van der Waals surface area contributed by atoms with Crippen molar-refractivity contribution >= 4 is 5.84 Å². The van der Waals surface area contributed by atoms with E-state index in [1.165, 1.54) is 12.1 Å². The molecule has 0 amide bonds. The second-order valence-corrected chi connectivity index (χ2v) is 4.05. The first kappa shape index (κ1) is 11.7. The van der Waals surface area contributed by atoms with E-state index in [-0.39, 0.29) is 5.82 Å². The van der Waals surface area contributed by atoms with E-state index in [9.17, 15) is 4.39 Å². The molecule has 7 heteroatoms. The highest BCUT2D eigenvalue weighted by Gasteiger charge is 2.18. The van der Waals surface area contributed by atoms with E-state index in [1.807, 2.05) is 18.1 Å². The van der Waals surface area contributed by atoms with E-state index in [0.717, 1.165) is 23.6 Å². The molecule has 0 unspecified atom stereocenters. The quantitative estimate of drug-likeness (QED) is 0.865. The van der Waals surface area contributed by atoms with Crippen LogP contribution in [0.1, 0.15) is 12.5 Å². The molecule has 2 aromatic rings. The van der Waals surface area contributed by atoms with Gasteiger partial charge in [-0.3, -0.25) is 5.01 Å². The van der Waals surface area contributed by atoms with Crippen LogP contribution in [0.3, 0.4) is 0 Å². The lowest BCUT2D eigenvalue weighted by Gasteiger charge is -2.14. The summed E-state index contributed by atoms with van der Waals surface area (Å²) in [6.45, 7) is 2.79. The maximum atomic E-state index is 12.9. The Balaban J connectivity index is 1.89. The van der Waals surface area contributed by atoms with Crippen molar-refractivity contribution in [2.24, 2.45) is 5.10 Å². The number of amidine groups is 1. The fourth-order valence-electron chi connectivity index (χ4n) is 1.87. The predicted octanol–water partition coefficient (Wildman–Crippen LogP) is 1.02. The van der Waals surface area contributed by atoms with E-state index in [4.69, 9.17) is 0 Å². The van der Waals surface area contributed by atoms with E-state index >= 15 is 0 Å². The maximum Gasteiger partial charge on any atom is 0.176 e. The number of benzene rings is 1. The highest BCUT2D eigenvalue weighted by Crippen LogP contribution is 2.11. The molecule has 0 bridgehead atoms. The first-order valence-corrected chi connectivity index (χ1v) is 5.95. The van der Waals surface area contributed by atoms with Crippen LogP contribution in [0.2, 0.25) is 0 Å². The van der Waals surface area contributed by atoms with Crippen LogP contribution < -0.4 is 11.1 Å². The SMILES string of the molecule is CCN1NNN=C1c1cnn(-c2ccc(F)cc2)c1. The van der Waals surface area contributed by atoms with Gasteiger partial charge in [0.2, 0.25) is 0 Å². The second kappa shape index (κ2) is 4.69. The van der Waals surface area contributed by atoms with Gasteiger partial charge in [0.15, 0.2) is 5.84 Å². The Labute approximate surface area is 109 Å². The number of hydrazone groups is 1. The molecule has 0 saturated heterocycles. The van der Waals surface area contributed by atoms with Crippen LogP contribution in [0.25, 0.3) is 5.69 Å². The number of hydrogen-bond acceptors (Lipinski definition) is 5. The first-order chi connectivity index (χ1) is 9.28. The van der Waals surface area contributed by atoms with Gasteiger partial charge >= 0.3 is 0 Å². The molecular formula is C12H13FN6. The predicted molar refractivity (Wildman–Crippen MR) is 68.7 cm³/mol. The van der Waals surface area contributed by atoms with E-state index in [2.05, 4.69) is 21.3 Å². The molecule has 1 aliphatic rings. The van der Waals surface area contributed by atoms with Crippen LogP contribution >= 0.6 is 0 Å². The van der Waals surface area contributed by atoms with Crippen molar-refractivity contribution in [2.45, 2.75) is 6.92 Å². The van der Waals surface area contributed by atoms with Crippen LogP contribution in [-0.4, -0.2) is 27.2 Å². The van der Waals surface area contributed by atoms with Gasteiger partial charge < -0.3 is 0 Å². The molecule has 19 heavy (non-hydrogen) atoms. The van der Waals surface area contributed by atoms with Gasteiger partial charge in [-0.05, 0) is 31.2 Å². The smallest absolute Gasteiger partial charge is 0.176 e. The molecule has 0 spiro atoms. The minimum absolute atomic E-state index is 0.262. The Morgan fingerprint density at radius 2 is 2.05 bits per heavy atom. The van der Waals surface area contributed by atoms with Gasteiger partial charge in [0.25, 0.3) is 0 Å². The Kier molecular flexibility index (Phi) is 2.88. The van der Waals surface area contributed by atoms with Crippen LogP contribution in [0.15, 0.2) is 41.8 Å². The van der Waals surface area contributed by atoms with Crippen molar-refractivity contribution in [3.63, 3.8) is 0 Å². The first-order valence-electron chi connectivity index (χ1n) is 5.95. The summed E-state index contributed by atoms with van der Waals surface area (Å²) >= 11 is 0. The molecule has 1 aliphatic heterocycles. The molecular weight excluding hydrogens is 247 g/mol. The minimum atomic E-state index is -0.262. The van der Waals surface area contributed by atoms with Gasteiger partial charge in [-0.2, -0.15) is 5.10 Å². The zero-order valence-electron chi connectivity index (χ0n) is 10.3. The molecule has 2 N–H and O–H groups in total. The molecule has 0 fully saturated rings. The normalized spacial score (nSPS) is 14.4. The largest absolute Gasteiger partial charge is 0.271 e. The van der Waals surface area contributed by atoms with Crippen molar-refractivity contribution in [1.29, 1.82) is 0 Å². The maximum absolute atomic E-state index is 12.9. The summed E-state index contributed by atoms with van der Waals surface area (Å²) in [5.74, 6) is 0.512. The third-order valence-electron chi connectivity index (χ3n) is 2.85. The summed E-state index contributed by atoms with van der Waals surface area (Å²) in [4.78, 5) is 0. The Morgan fingerprint density at radius 3 is 2.79 bits per heavy atom. The molecule has 98 valence electrons. The number of nitrogens with zero attached hydrogens (tertiary/aromatic N) is 4. The van der Waals surface area contributed by atoms with E-state index in [1.54, 1.807) is 23.0 Å². The average Bonchev–Trinajstić information content (AvgIpc) is 3.07. The zero-order chi connectivity index (χ0) is 13.2. The number of hydrazine groups is 2. The number of rotatable bonds is 3. The number of nitrogens with one attached hydrogen (secondary N) is 2. The lowest BCUT2D eigenvalue weighted by molar-refractivity contribution is 0.308. The summed E-state index contributed by atoms with van der Waals surface area (Å²) in [5, 5.41) is 10.3. The van der Waals surface area contributed by atoms with Crippen LogP contribution in [0, 0.1) is 5.82 Å². The molecule has 6 nitrogen and oxygen atoms in total. The van der Waals surface area contributed by atoms with Gasteiger partial charge in [0.1, 0.15) is 5.82 Å². The van der Waals surface area contributed by atoms with Crippen LogP contribution in [0.4, 0.5) is 4.39 Å². The van der Waals surface area contributed by atoms with Gasteiger partial charge in [-0.1, -0.05) is 0 Å². The molecule has 1 aromatic heterocycles. The van der Waals surface area contributed by atoms with Crippen molar-refractivity contribution in [3.8, 4) is 5.69 Å². The summed E-state index contributed by atoms with van der Waals surface area (Å²) in [7, 11) is 0. The lowest BCUT2D eigenvalue weighted by atomic mass is 10.3. The van der Waals surface area contributed by atoms with Crippen LogP contribution in [0.5, 0.6) is 0 Å². The topological polar surface area (TPSA) is 57.5 Å². The summed E-state index contributed by atoms with van der Waals surface area (Å²) in [5.41, 5.74) is 7.29. The standard InChI is InChI=1S/C12H13FN6/c1-2-18-12(15-16-17-18)9-7-14-19(8-9)11-5-3-10(13)4-6-11/h3-8,16-17H,2H2,1H3. The van der Waals surface area contributed by atoms with Crippen molar-refractivity contribution in [3.05, 3.63) is 48.0 Å². The van der Waals surface area contributed by atoms with Gasteiger partial charge in [0.05, 0.1) is 17.4 Å². The highest BCUT2D eigenvalue weighted by atomic mass is 19.1. The number of aromatic nitrogens is 2. The van der Waals surface area contributed by atoms with Crippen LogP contribution in [-0.2, 0) is 0 Å². The van der Waals surface area contributed by atoms with Crippen molar-refractivity contribution in [2.75, 3.05) is 6.54 Å². The number of hydrogen-bond donors (Lipinski definition) is 2. The van der Waals surface area contributed by atoms with Crippen molar-refractivity contribution in [1.82, 2.24) is 25.9 Å². The van der Waals surface area contributed by atoms with E-state index < -0.39 is 0 Å². The molecule has 1 aromatic carbocycles. The summed E-state index contributed by atoms with van der Waals surface area (Å²) in [6, 6.07) is 6.17. The zero-order valence-corrected chi connectivity index (χ0v) is 10.3. The third kappa shape index (κ3) is 2.15. The molecule has 0 atom stereocenters. The Hall–Kier alpha value is -2.41. The molecule has 2 heterocycles. The second-order valence-electron chi connectivity index (χ2n) is 4.05. The van der Waals surface area contributed by atoms with Gasteiger partial charge in [-0.15, -0.1) is 10.6 Å². The average molecular weight is 260 g/mol. The molecule has 0 aliphatic carbocycles. The Morgan fingerprint density at radius 1 is 1.26 bits per heavy atom. The minimum Gasteiger partial charge on any atom is -0.271 e. The van der Waals surface area contributed by atoms with E-state index in [0.29, 0.717) is 0 Å². The Bertz CT molecular complexity index is 603. The summed E-state index contributed by atoms with van der Waals surface area (Å²) in [6.07, 6.45) is 3.57. The fraction of sp³-hybridized carbons (Fsp3) is 0.167. The monoisotopic (exact) mass is 260 g/mol. The highest BCUT2D eigenvalue weighted by molar-refractivity contribution is 5.98. The number of halogens is 1. The molecule has 3 rings (SSSR count). The van der Waals surface area contributed by atoms with Gasteiger partial charge in [-0.25, -0.2) is 14.6 Å². The molecule has 0 radical (unpaired) electrons. The lowest BCUT2D eigenvalue weighted by Crippen LogP contribution is -2.40. The van der Waals surface area contributed by atoms with Gasteiger partial charge in [0, 0.05) is 12.7 Å². The summed E-state index contributed by atoms with van der Waals surface area (Å²) < 4.78 is 14.6. The van der Waals surface area contributed by atoms with Crippen molar-refractivity contribution < 1.29 is 4.39 Å². The fourth-order valence-corrected chi connectivity index (χ4v) is 1.87. The third-order valence-corrected chi connectivity index (χ3v) is 2.85.